The van der Waals surface area contributed by atoms with E-state index in [9.17, 15) is 4.79 Å². The summed E-state index contributed by atoms with van der Waals surface area (Å²) < 4.78 is 6.10. The molecule has 0 aliphatic rings. The molecule has 0 saturated carbocycles. The fourth-order valence-corrected chi connectivity index (χ4v) is 2.98. The third-order valence-electron chi connectivity index (χ3n) is 3.22. The van der Waals surface area contributed by atoms with Crippen LogP contribution < -0.4 is 10.1 Å². The van der Waals surface area contributed by atoms with Gasteiger partial charge in [0.2, 0.25) is 0 Å². The number of benzene rings is 2. The summed E-state index contributed by atoms with van der Waals surface area (Å²) in [6.07, 6.45) is 0. The Morgan fingerprint density at radius 2 is 1.83 bits per heavy atom. The Morgan fingerprint density at radius 1 is 1.13 bits per heavy atom. The zero-order valence-corrected chi connectivity index (χ0v) is 14.6. The average molecular weight is 389 g/mol. The second-order valence-electron chi connectivity index (χ2n) is 4.73. The van der Waals surface area contributed by atoms with Gasteiger partial charge in [0, 0.05) is 21.0 Å². The van der Waals surface area contributed by atoms with E-state index in [0.717, 1.165) is 15.7 Å². The number of nitrogens with one attached hydrogen (secondary N) is 1. The number of ether oxygens (including phenoxy) is 1. The highest BCUT2D eigenvalue weighted by atomic mass is 79.9. The molecule has 1 N–H and O–H groups in total. The van der Waals surface area contributed by atoms with Gasteiger partial charge in [-0.2, -0.15) is 0 Å². The lowest BCUT2D eigenvalue weighted by molar-refractivity contribution is 0.102. The zero-order chi connectivity index (χ0) is 16.2. The average Bonchev–Trinajstić information content (AvgIpc) is 3.04. The monoisotopic (exact) mass is 388 g/mol. The summed E-state index contributed by atoms with van der Waals surface area (Å²) in [7, 11) is 1.59. The van der Waals surface area contributed by atoms with Crippen molar-refractivity contribution in [3.8, 4) is 17.0 Å². The minimum atomic E-state index is -0.190. The number of nitrogens with zero attached hydrogens (tertiary/aromatic N) is 1. The first-order chi connectivity index (χ1) is 11.2. The molecule has 6 heteroatoms. The number of methoxy groups -OCH3 is 1. The van der Waals surface area contributed by atoms with Gasteiger partial charge in [0.05, 0.1) is 12.8 Å². The molecule has 0 aliphatic carbocycles. The Morgan fingerprint density at radius 3 is 2.48 bits per heavy atom. The minimum absolute atomic E-state index is 0.190. The molecule has 116 valence electrons. The van der Waals surface area contributed by atoms with Crippen LogP contribution in [0.4, 0.5) is 5.13 Å². The van der Waals surface area contributed by atoms with Crippen molar-refractivity contribution in [2.75, 3.05) is 12.4 Å². The molecule has 0 aliphatic heterocycles. The van der Waals surface area contributed by atoms with Crippen LogP contribution in [0.25, 0.3) is 11.3 Å². The first-order valence-electron chi connectivity index (χ1n) is 6.82. The summed E-state index contributed by atoms with van der Waals surface area (Å²) >= 11 is 4.81. The minimum Gasteiger partial charge on any atom is -0.497 e. The topological polar surface area (TPSA) is 51.2 Å². The first-order valence-corrected chi connectivity index (χ1v) is 8.50. The molecule has 1 aromatic heterocycles. The molecule has 0 radical (unpaired) electrons. The van der Waals surface area contributed by atoms with Crippen LogP contribution in [0, 0.1) is 0 Å². The molecule has 23 heavy (non-hydrogen) atoms. The Labute approximate surface area is 146 Å². The Balaban J connectivity index is 1.73. The van der Waals surface area contributed by atoms with Crippen molar-refractivity contribution in [1.29, 1.82) is 0 Å². The maximum atomic E-state index is 12.2. The Bertz CT molecular complexity index is 813. The lowest BCUT2D eigenvalue weighted by atomic mass is 10.2. The lowest BCUT2D eigenvalue weighted by Crippen LogP contribution is -2.11. The summed E-state index contributed by atoms with van der Waals surface area (Å²) in [5.74, 6) is 0.526. The summed E-state index contributed by atoms with van der Waals surface area (Å²) in [5, 5.41) is 5.31. The molecule has 0 spiro atoms. The van der Waals surface area contributed by atoms with Crippen molar-refractivity contribution in [2.45, 2.75) is 0 Å². The second kappa shape index (κ2) is 6.93. The quantitative estimate of drug-likeness (QED) is 0.695. The molecule has 4 nitrogen and oxygen atoms in total. The highest BCUT2D eigenvalue weighted by molar-refractivity contribution is 9.10. The molecule has 1 amide bonds. The Hall–Kier alpha value is -2.18. The number of carbonyl (C=O) groups excluding carboxylic acids is 1. The van der Waals surface area contributed by atoms with E-state index in [1.165, 1.54) is 11.3 Å². The molecule has 0 bridgehead atoms. The zero-order valence-electron chi connectivity index (χ0n) is 12.2. The van der Waals surface area contributed by atoms with Crippen molar-refractivity contribution in [1.82, 2.24) is 4.98 Å². The molecule has 0 unspecified atom stereocenters. The second-order valence-corrected chi connectivity index (χ2v) is 6.50. The van der Waals surface area contributed by atoms with E-state index in [1.807, 2.05) is 29.6 Å². The van der Waals surface area contributed by atoms with Crippen LogP contribution in [0.1, 0.15) is 10.4 Å². The number of hydrogen-bond acceptors (Lipinski definition) is 4. The van der Waals surface area contributed by atoms with E-state index in [-0.39, 0.29) is 5.91 Å². The number of halogens is 1. The number of anilines is 1. The van der Waals surface area contributed by atoms with E-state index in [1.54, 1.807) is 31.4 Å². The standard InChI is InChI=1S/C17H13BrN2O2S/c1-22-14-8-4-12(5-9-14)16(21)20-17-19-15(10-23-17)11-2-6-13(18)7-3-11/h2-10H,1H3,(H,19,20,21). The largest absolute Gasteiger partial charge is 0.497 e. The van der Waals surface area contributed by atoms with Crippen LogP contribution in [0.15, 0.2) is 58.4 Å². The molecule has 1 heterocycles. The number of aromatic nitrogens is 1. The third-order valence-corrected chi connectivity index (χ3v) is 4.50. The van der Waals surface area contributed by atoms with Crippen molar-refractivity contribution >= 4 is 38.3 Å². The first kappa shape index (κ1) is 15.7. The molecular formula is C17H13BrN2O2S. The van der Waals surface area contributed by atoms with Crippen LogP contribution in [0.2, 0.25) is 0 Å². The van der Waals surface area contributed by atoms with Gasteiger partial charge in [0.25, 0.3) is 5.91 Å². The van der Waals surface area contributed by atoms with Gasteiger partial charge in [0.1, 0.15) is 5.75 Å². The molecule has 0 saturated heterocycles. The Kier molecular flexibility index (Phi) is 4.73. The van der Waals surface area contributed by atoms with Crippen LogP contribution in [-0.4, -0.2) is 18.0 Å². The lowest BCUT2D eigenvalue weighted by Gasteiger charge is -2.03. The van der Waals surface area contributed by atoms with Gasteiger partial charge in [0.15, 0.2) is 5.13 Å². The molecule has 0 fully saturated rings. The molecule has 2 aromatic carbocycles. The highest BCUT2D eigenvalue weighted by Crippen LogP contribution is 2.26. The van der Waals surface area contributed by atoms with E-state index in [0.29, 0.717) is 16.4 Å². The number of hydrogen-bond donors (Lipinski definition) is 1. The van der Waals surface area contributed by atoms with Gasteiger partial charge in [-0.1, -0.05) is 28.1 Å². The third kappa shape index (κ3) is 3.78. The smallest absolute Gasteiger partial charge is 0.257 e. The van der Waals surface area contributed by atoms with E-state index in [4.69, 9.17) is 4.74 Å². The van der Waals surface area contributed by atoms with Crippen molar-refractivity contribution in [2.24, 2.45) is 0 Å². The van der Waals surface area contributed by atoms with Crippen molar-refractivity contribution in [3.05, 3.63) is 63.9 Å². The van der Waals surface area contributed by atoms with Crippen LogP contribution in [0.5, 0.6) is 5.75 Å². The maximum absolute atomic E-state index is 12.2. The summed E-state index contributed by atoms with van der Waals surface area (Å²) in [6.45, 7) is 0. The van der Waals surface area contributed by atoms with Gasteiger partial charge in [-0.05, 0) is 36.4 Å². The number of rotatable bonds is 4. The molecular weight excluding hydrogens is 376 g/mol. The van der Waals surface area contributed by atoms with Crippen molar-refractivity contribution < 1.29 is 9.53 Å². The molecule has 0 atom stereocenters. The maximum Gasteiger partial charge on any atom is 0.257 e. The van der Waals surface area contributed by atoms with Crippen LogP contribution >= 0.6 is 27.3 Å². The van der Waals surface area contributed by atoms with Crippen LogP contribution in [-0.2, 0) is 0 Å². The number of thiazole rings is 1. The van der Waals surface area contributed by atoms with Gasteiger partial charge in [-0.3, -0.25) is 10.1 Å². The van der Waals surface area contributed by atoms with E-state index in [2.05, 4.69) is 26.2 Å². The van der Waals surface area contributed by atoms with Crippen LogP contribution in [0.3, 0.4) is 0 Å². The van der Waals surface area contributed by atoms with Crippen molar-refractivity contribution in [3.63, 3.8) is 0 Å². The fourth-order valence-electron chi connectivity index (χ4n) is 2.00. The van der Waals surface area contributed by atoms with E-state index < -0.39 is 0 Å². The van der Waals surface area contributed by atoms with Gasteiger partial charge < -0.3 is 4.74 Å². The fraction of sp³-hybridized carbons (Fsp3) is 0.0588. The number of amides is 1. The summed E-state index contributed by atoms with van der Waals surface area (Å²) in [4.78, 5) is 16.7. The van der Waals surface area contributed by atoms with E-state index >= 15 is 0 Å². The summed E-state index contributed by atoms with van der Waals surface area (Å²) in [6, 6.07) is 14.8. The number of carbonyl (C=O) groups is 1. The normalized spacial score (nSPS) is 10.3. The predicted octanol–water partition coefficient (Wildman–Crippen LogP) is 4.83. The SMILES string of the molecule is COc1ccc(C(=O)Nc2nc(-c3ccc(Br)cc3)cs2)cc1. The molecule has 3 rings (SSSR count). The molecule has 3 aromatic rings. The predicted molar refractivity (Wildman–Crippen MR) is 96.2 cm³/mol. The summed E-state index contributed by atoms with van der Waals surface area (Å²) in [5.41, 5.74) is 2.41. The highest BCUT2D eigenvalue weighted by Gasteiger charge is 2.10. The van der Waals surface area contributed by atoms with Gasteiger partial charge in [-0.25, -0.2) is 4.98 Å². The van der Waals surface area contributed by atoms with Gasteiger partial charge in [-0.15, -0.1) is 11.3 Å². The van der Waals surface area contributed by atoms with Gasteiger partial charge >= 0.3 is 0 Å².